The molecular formula is C14H23NO. The Bertz CT molecular complexity index is 281. The zero-order valence-corrected chi connectivity index (χ0v) is 10.6. The zero-order chi connectivity index (χ0) is 11.8. The Morgan fingerprint density at radius 1 is 1.12 bits per heavy atom. The molecule has 0 aliphatic carbocycles. The number of ether oxygens (including phenoxy) is 1. The summed E-state index contributed by atoms with van der Waals surface area (Å²) in [5.74, 6) is 0. The number of nitrogens with one attached hydrogen (secondary N) is 1. The maximum Gasteiger partial charge on any atom is 0.0661 e. The number of likely N-dealkylation sites (N-methyl/N-ethyl adjacent to an activating group) is 1. The molecule has 0 aliphatic rings. The molecule has 0 saturated heterocycles. The summed E-state index contributed by atoms with van der Waals surface area (Å²) in [6, 6.07) is 9.11. The molecule has 0 amide bonds. The first-order chi connectivity index (χ1) is 7.81. The summed E-state index contributed by atoms with van der Waals surface area (Å²) in [6.45, 7) is 8.82. The van der Waals surface area contributed by atoms with Crippen molar-refractivity contribution in [1.82, 2.24) is 5.32 Å². The summed E-state index contributed by atoms with van der Waals surface area (Å²) in [4.78, 5) is 0. The average Bonchev–Trinajstić information content (AvgIpc) is 2.35. The lowest BCUT2D eigenvalue weighted by molar-refractivity contribution is 0.123. The van der Waals surface area contributed by atoms with Crippen molar-refractivity contribution in [3.63, 3.8) is 0 Å². The molecular weight excluding hydrogens is 198 g/mol. The normalized spacial score (nSPS) is 12.7. The van der Waals surface area contributed by atoms with Gasteiger partial charge in [0.05, 0.1) is 12.6 Å². The van der Waals surface area contributed by atoms with Gasteiger partial charge in [-0.3, -0.25) is 0 Å². The Kier molecular flexibility index (Phi) is 6.12. The van der Waals surface area contributed by atoms with Crippen LogP contribution in [0.15, 0.2) is 24.3 Å². The van der Waals surface area contributed by atoms with Crippen molar-refractivity contribution in [2.45, 2.75) is 33.2 Å². The van der Waals surface area contributed by atoms with Gasteiger partial charge in [0.15, 0.2) is 0 Å². The van der Waals surface area contributed by atoms with Crippen LogP contribution in [0.3, 0.4) is 0 Å². The molecule has 0 spiro atoms. The lowest BCUT2D eigenvalue weighted by atomic mass is 10.0. The predicted octanol–water partition coefficient (Wildman–Crippen LogP) is 2.94. The molecule has 0 radical (unpaired) electrons. The number of aryl methyl sites for hydroxylation is 1. The van der Waals surface area contributed by atoms with Gasteiger partial charge in [0, 0.05) is 6.61 Å². The summed E-state index contributed by atoms with van der Waals surface area (Å²) >= 11 is 0. The van der Waals surface area contributed by atoms with Crippen LogP contribution in [-0.4, -0.2) is 19.8 Å². The SMILES string of the molecule is CCNC(COCC)c1ccc(CC)cc1. The van der Waals surface area contributed by atoms with Crippen LogP contribution in [0.4, 0.5) is 0 Å². The highest BCUT2D eigenvalue weighted by molar-refractivity contribution is 5.25. The summed E-state index contributed by atoms with van der Waals surface area (Å²) < 4.78 is 5.50. The minimum absolute atomic E-state index is 0.316. The average molecular weight is 221 g/mol. The third-order valence-electron chi connectivity index (χ3n) is 2.73. The summed E-state index contributed by atoms with van der Waals surface area (Å²) in [7, 11) is 0. The molecule has 1 aromatic carbocycles. The molecule has 1 aromatic rings. The van der Waals surface area contributed by atoms with Gasteiger partial charge in [0.1, 0.15) is 0 Å². The largest absolute Gasteiger partial charge is 0.380 e. The molecule has 0 heterocycles. The number of rotatable bonds is 7. The second-order valence-electron chi connectivity index (χ2n) is 3.86. The smallest absolute Gasteiger partial charge is 0.0661 e. The molecule has 2 nitrogen and oxygen atoms in total. The first-order valence-corrected chi connectivity index (χ1v) is 6.21. The molecule has 1 unspecified atom stereocenters. The Balaban J connectivity index is 2.67. The van der Waals surface area contributed by atoms with Crippen molar-refractivity contribution in [1.29, 1.82) is 0 Å². The van der Waals surface area contributed by atoms with Gasteiger partial charge in [-0.15, -0.1) is 0 Å². The van der Waals surface area contributed by atoms with Gasteiger partial charge in [0.25, 0.3) is 0 Å². The fourth-order valence-corrected chi connectivity index (χ4v) is 1.74. The van der Waals surface area contributed by atoms with Crippen LogP contribution in [0.2, 0.25) is 0 Å². The van der Waals surface area contributed by atoms with E-state index in [9.17, 15) is 0 Å². The van der Waals surface area contributed by atoms with E-state index in [2.05, 4.69) is 43.4 Å². The molecule has 1 N–H and O–H groups in total. The molecule has 90 valence electrons. The Labute approximate surface area is 99.0 Å². The van der Waals surface area contributed by atoms with Gasteiger partial charge in [-0.25, -0.2) is 0 Å². The second kappa shape index (κ2) is 7.42. The number of hydrogen-bond acceptors (Lipinski definition) is 2. The van der Waals surface area contributed by atoms with E-state index in [-0.39, 0.29) is 0 Å². The van der Waals surface area contributed by atoms with E-state index >= 15 is 0 Å². The fraction of sp³-hybridized carbons (Fsp3) is 0.571. The molecule has 0 saturated carbocycles. The van der Waals surface area contributed by atoms with Crippen LogP contribution in [0.5, 0.6) is 0 Å². The van der Waals surface area contributed by atoms with E-state index in [0.717, 1.165) is 26.2 Å². The summed E-state index contributed by atoms with van der Waals surface area (Å²) in [6.07, 6.45) is 1.09. The minimum Gasteiger partial charge on any atom is -0.380 e. The van der Waals surface area contributed by atoms with E-state index in [4.69, 9.17) is 4.74 Å². The van der Waals surface area contributed by atoms with Crippen LogP contribution in [-0.2, 0) is 11.2 Å². The molecule has 1 atom stereocenters. The molecule has 0 aromatic heterocycles. The van der Waals surface area contributed by atoms with Crippen molar-refractivity contribution in [2.24, 2.45) is 0 Å². The van der Waals surface area contributed by atoms with Crippen LogP contribution >= 0.6 is 0 Å². The Hall–Kier alpha value is -0.860. The fourth-order valence-electron chi connectivity index (χ4n) is 1.74. The summed E-state index contributed by atoms with van der Waals surface area (Å²) in [5, 5.41) is 3.45. The zero-order valence-electron chi connectivity index (χ0n) is 10.6. The van der Waals surface area contributed by atoms with Crippen molar-refractivity contribution in [2.75, 3.05) is 19.8 Å². The minimum atomic E-state index is 0.316. The van der Waals surface area contributed by atoms with Gasteiger partial charge in [-0.2, -0.15) is 0 Å². The second-order valence-corrected chi connectivity index (χ2v) is 3.86. The molecule has 0 bridgehead atoms. The van der Waals surface area contributed by atoms with Gasteiger partial charge >= 0.3 is 0 Å². The molecule has 16 heavy (non-hydrogen) atoms. The van der Waals surface area contributed by atoms with Gasteiger partial charge in [0.2, 0.25) is 0 Å². The highest BCUT2D eigenvalue weighted by Crippen LogP contribution is 2.14. The Morgan fingerprint density at radius 2 is 1.81 bits per heavy atom. The lowest BCUT2D eigenvalue weighted by Crippen LogP contribution is -2.25. The molecule has 0 fully saturated rings. The number of benzene rings is 1. The summed E-state index contributed by atoms with van der Waals surface area (Å²) in [5.41, 5.74) is 2.70. The van der Waals surface area contributed by atoms with Gasteiger partial charge < -0.3 is 10.1 Å². The van der Waals surface area contributed by atoms with Crippen molar-refractivity contribution in [3.05, 3.63) is 35.4 Å². The number of hydrogen-bond donors (Lipinski definition) is 1. The van der Waals surface area contributed by atoms with Crippen LogP contribution in [0, 0.1) is 0 Å². The standard InChI is InChI=1S/C14H23NO/c1-4-12-7-9-13(10-8-12)14(15-5-2)11-16-6-3/h7-10,14-15H,4-6,11H2,1-3H3. The van der Waals surface area contributed by atoms with Crippen LogP contribution < -0.4 is 5.32 Å². The van der Waals surface area contributed by atoms with E-state index in [1.54, 1.807) is 0 Å². The van der Waals surface area contributed by atoms with Crippen molar-refractivity contribution in [3.8, 4) is 0 Å². The quantitative estimate of drug-likeness (QED) is 0.764. The van der Waals surface area contributed by atoms with E-state index in [0.29, 0.717) is 6.04 Å². The molecule has 2 heteroatoms. The van der Waals surface area contributed by atoms with E-state index in [1.807, 2.05) is 6.92 Å². The maximum absolute atomic E-state index is 5.50. The maximum atomic E-state index is 5.50. The predicted molar refractivity (Wildman–Crippen MR) is 68.7 cm³/mol. The van der Waals surface area contributed by atoms with E-state index < -0.39 is 0 Å². The topological polar surface area (TPSA) is 21.3 Å². The first kappa shape index (κ1) is 13.2. The Morgan fingerprint density at radius 3 is 2.31 bits per heavy atom. The van der Waals surface area contributed by atoms with Crippen molar-refractivity contribution >= 4 is 0 Å². The van der Waals surface area contributed by atoms with Gasteiger partial charge in [-0.1, -0.05) is 38.1 Å². The third kappa shape index (κ3) is 3.95. The van der Waals surface area contributed by atoms with E-state index in [1.165, 1.54) is 11.1 Å². The molecule has 0 aliphatic heterocycles. The third-order valence-corrected chi connectivity index (χ3v) is 2.73. The lowest BCUT2D eigenvalue weighted by Gasteiger charge is -2.18. The van der Waals surface area contributed by atoms with Crippen molar-refractivity contribution < 1.29 is 4.74 Å². The van der Waals surface area contributed by atoms with Gasteiger partial charge in [-0.05, 0) is 31.0 Å². The van der Waals surface area contributed by atoms with Crippen LogP contribution in [0.25, 0.3) is 0 Å². The monoisotopic (exact) mass is 221 g/mol. The van der Waals surface area contributed by atoms with Crippen LogP contribution in [0.1, 0.15) is 37.9 Å². The highest BCUT2D eigenvalue weighted by Gasteiger charge is 2.09. The first-order valence-electron chi connectivity index (χ1n) is 6.21. The molecule has 1 rings (SSSR count). The highest BCUT2D eigenvalue weighted by atomic mass is 16.5.